The summed E-state index contributed by atoms with van der Waals surface area (Å²) in [6.45, 7) is 9.81. The summed E-state index contributed by atoms with van der Waals surface area (Å²) in [5, 5.41) is 7.54. The predicted molar refractivity (Wildman–Crippen MR) is 107 cm³/mol. The number of nitrogens with zero attached hydrogens (tertiary/aromatic N) is 5. The molecule has 2 aromatic heterocycles. The van der Waals surface area contributed by atoms with Crippen LogP contribution in [0.15, 0.2) is 10.8 Å². The van der Waals surface area contributed by atoms with Crippen molar-refractivity contribution in [3.8, 4) is 0 Å². The Hall–Kier alpha value is -1.97. The summed E-state index contributed by atoms with van der Waals surface area (Å²) < 4.78 is 22.4. The van der Waals surface area contributed by atoms with Gasteiger partial charge >= 0.3 is 6.09 Å². The Kier molecular flexibility index (Phi) is 5.79. The molecule has 0 aliphatic carbocycles. The number of alkyl halides is 1. The fourth-order valence-electron chi connectivity index (χ4n) is 3.04. The minimum absolute atomic E-state index is 0.0251. The second-order valence-corrected chi connectivity index (χ2v) is 9.03. The second-order valence-electron chi connectivity index (χ2n) is 8.28. The van der Waals surface area contributed by atoms with Crippen LogP contribution in [0.3, 0.4) is 0 Å². The maximum atomic E-state index is 14.7. The molecule has 10 heteroatoms. The van der Waals surface area contributed by atoms with Crippen molar-refractivity contribution in [2.45, 2.75) is 64.8 Å². The zero-order valence-corrected chi connectivity index (χ0v) is 18.3. The molecule has 154 valence electrons. The van der Waals surface area contributed by atoms with Crippen molar-refractivity contribution in [3.05, 3.63) is 16.6 Å². The van der Waals surface area contributed by atoms with Gasteiger partial charge in [0.1, 0.15) is 27.7 Å². The first-order valence-corrected chi connectivity index (χ1v) is 10.1. The first kappa shape index (κ1) is 20.8. The van der Waals surface area contributed by atoms with Crippen molar-refractivity contribution in [1.29, 1.82) is 0 Å². The van der Waals surface area contributed by atoms with Gasteiger partial charge in [0.2, 0.25) is 5.95 Å². The molecular weight excluding hydrogens is 431 g/mol. The fourth-order valence-corrected chi connectivity index (χ4v) is 3.49. The first-order chi connectivity index (χ1) is 13.0. The molecule has 2 aromatic rings. The maximum Gasteiger partial charge on any atom is 0.410 e. The van der Waals surface area contributed by atoms with Gasteiger partial charge in [0.15, 0.2) is 0 Å². The number of hydrogen-bond donors (Lipinski definition) is 1. The molecule has 0 bridgehead atoms. The molecule has 3 heterocycles. The Bertz CT molecular complexity index is 866. The summed E-state index contributed by atoms with van der Waals surface area (Å²) in [7, 11) is 0. The van der Waals surface area contributed by atoms with E-state index in [4.69, 9.17) is 4.74 Å². The van der Waals surface area contributed by atoms with E-state index in [9.17, 15) is 9.18 Å². The average Bonchev–Trinajstić information content (AvgIpc) is 2.92. The molecule has 28 heavy (non-hydrogen) atoms. The normalized spacial score (nSPS) is 20.6. The van der Waals surface area contributed by atoms with E-state index < -0.39 is 23.9 Å². The van der Waals surface area contributed by atoms with Gasteiger partial charge in [0, 0.05) is 12.5 Å². The monoisotopic (exact) mass is 456 g/mol. The van der Waals surface area contributed by atoms with Crippen molar-refractivity contribution < 1.29 is 13.9 Å². The molecule has 0 unspecified atom stereocenters. The summed E-state index contributed by atoms with van der Waals surface area (Å²) in [6, 6.07) is -0.481. The van der Waals surface area contributed by atoms with Crippen molar-refractivity contribution in [1.82, 2.24) is 24.5 Å². The largest absolute Gasteiger partial charge is 0.444 e. The smallest absolute Gasteiger partial charge is 0.410 e. The minimum Gasteiger partial charge on any atom is -0.444 e. The van der Waals surface area contributed by atoms with Crippen LogP contribution >= 0.6 is 15.9 Å². The third kappa shape index (κ3) is 4.53. The number of piperidine rings is 1. The van der Waals surface area contributed by atoms with Gasteiger partial charge in [-0.2, -0.15) is 0 Å². The van der Waals surface area contributed by atoms with E-state index in [1.54, 1.807) is 31.5 Å². The van der Waals surface area contributed by atoms with E-state index in [-0.39, 0.29) is 12.5 Å². The number of ether oxygens (including phenoxy) is 1. The highest BCUT2D eigenvalue weighted by Crippen LogP contribution is 2.24. The van der Waals surface area contributed by atoms with Crippen molar-refractivity contribution >= 4 is 33.5 Å². The first-order valence-electron chi connectivity index (χ1n) is 9.35. The van der Waals surface area contributed by atoms with Crippen molar-refractivity contribution in [2.75, 3.05) is 18.4 Å². The lowest BCUT2D eigenvalue weighted by Crippen LogP contribution is -2.51. The van der Waals surface area contributed by atoms with Crippen LogP contribution in [0.2, 0.25) is 0 Å². The van der Waals surface area contributed by atoms with Gasteiger partial charge in [0.25, 0.3) is 0 Å². The number of aromatic nitrogens is 4. The number of carbonyl (C=O) groups is 1. The zero-order chi connectivity index (χ0) is 20.6. The van der Waals surface area contributed by atoms with Gasteiger partial charge in [0.05, 0.1) is 18.8 Å². The van der Waals surface area contributed by atoms with E-state index in [0.29, 0.717) is 23.5 Å². The molecule has 1 amide bonds. The Morgan fingerprint density at radius 3 is 2.75 bits per heavy atom. The summed E-state index contributed by atoms with van der Waals surface area (Å²) in [5.74, 6) is 1.30. The molecule has 0 radical (unpaired) electrons. The number of imidazole rings is 1. The molecule has 1 N–H and O–H groups in total. The Balaban J connectivity index is 1.69. The molecular formula is C18H26BrFN6O2. The van der Waals surface area contributed by atoms with Crippen LogP contribution in [0.25, 0.3) is 5.52 Å². The second kappa shape index (κ2) is 7.81. The average molecular weight is 457 g/mol. The molecule has 1 aliphatic rings. The Morgan fingerprint density at radius 1 is 1.43 bits per heavy atom. The van der Waals surface area contributed by atoms with Gasteiger partial charge in [-0.3, -0.25) is 0 Å². The van der Waals surface area contributed by atoms with Crippen LogP contribution in [0.5, 0.6) is 0 Å². The number of nitrogens with one attached hydrogen (secondary N) is 1. The molecule has 8 nitrogen and oxygen atoms in total. The zero-order valence-electron chi connectivity index (χ0n) is 16.7. The number of amides is 1. The van der Waals surface area contributed by atoms with Crippen LogP contribution in [0.4, 0.5) is 15.1 Å². The molecule has 2 atom stereocenters. The van der Waals surface area contributed by atoms with Crippen molar-refractivity contribution in [3.63, 3.8) is 0 Å². The number of anilines is 1. The molecule has 1 aliphatic heterocycles. The summed E-state index contributed by atoms with van der Waals surface area (Å²) in [6.07, 6.45) is 0.351. The van der Waals surface area contributed by atoms with E-state index in [2.05, 4.69) is 36.3 Å². The Labute approximate surface area is 172 Å². The summed E-state index contributed by atoms with van der Waals surface area (Å²) in [5.41, 5.74) is 0.153. The highest BCUT2D eigenvalue weighted by Gasteiger charge is 2.34. The van der Waals surface area contributed by atoms with Gasteiger partial charge < -0.3 is 15.0 Å². The quantitative estimate of drug-likeness (QED) is 0.756. The molecule has 1 fully saturated rings. The lowest BCUT2D eigenvalue weighted by Gasteiger charge is -2.35. The maximum absolute atomic E-state index is 14.7. The number of hydrogen-bond acceptors (Lipinski definition) is 6. The van der Waals surface area contributed by atoms with Gasteiger partial charge in [-0.15, -0.1) is 5.10 Å². The third-order valence-electron chi connectivity index (χ3n) is 4.40. The van der Waals surface area contributed by atoms with Crippen LogP contribution in [-0.4, -0.2) is 61.5 Å². The Morgan fingerprint density at radius 2 is 2.14 bits per heavy atom. The lowest BCUT2D eigenvalue weighted by atomic mass is 10.0. The standard InChI is InChI=1S/C18H26BrFN6O2/c1-10(2)15-23-14(19)13-8-21-16(24-26(13)15)22-12-6-7-25(9-11(12)20)17(27)28-18(3,4)5/h8,10-12H,6-7,9H2,1-5H3,(H,22,24)/t11-,12-/m1/s1. The highest BCUT2D eigenvalue weighted by atomic mass is 79.9. The lowest BCUT2D eigenvalue weighted by molar-refractivity contribution is 0.0125. The van der Waals surface area contributed by atoms with Crippen LogP contribution < -0.4 is 5.32 Å². The van der Waals surface area contributed by atoms with Crippen molar-refractivity contribution in [2.24, 2.45) is 0 Å². The summed E-state index contributed by atoms with van der Waals surface area (Å²) in [4.78, 5) is 22.3. The minimum atomic E-state index is -1.25. The number of carbonyl (C=O) groups excluding carboxylic acids is 1. The van der Waals surface area contributed by atoms with Gasteiger partial charge in [-0.1, -0.05) is 13.8 Å². The molecule has 0 saturated carbocycles. The molecule has 3 rings (SSSR count). The van der Waals surface area contributed by atoms with E-state index >= 15 is 0 Å². The third-order valence-corrected chi connectivity index (χ3v) is 4.98. The van der Waals surface area contributed by atoms with E-state index in [1.807, 2.05) is 13.8 Å². The van der Waals surface area contributed by atoms with Crippen LogP contribution in [0, 0.1) is 0 Å². The number of likely N-dealkylation sites (tertiary alicyclic amines) is 1. The SMILES string of the molecule is CC(C)c1nc(Br)c2cnc(N[C@@H]3CCN(C(=O)OC(C)(C)C)C[C@H]3F)nn12. The number of rotatable bonds is 3. The number of halogens is 2. The topological polar surface area (TPSA) is 84.7 Å². The number of fused-ring (bicyclic) bond motifs is 1. The molecule has 0 spiro atoms. The van der Waals surface area contributed by atoms with E-state index in [1.165, 1.54) is 4.90 Å². The van der Waals surface area contributed by atoms with Crippen LogP contribution in [-0.2, 0) is 4.74 Å². The van der Waals surface area contributed by atoms with Gasteiger partial charge in [-0.25, -0.2) is 23.7 Å². The van der Waals surface area contributed by atoms with Crippen LogP contribution in [0.1, 0.15) is 52.8 Å². The molecule has 1 saturated heterocycles. The van der Waals surface area contributed by atoms with Gasteiger partial charge in [-0.05, 0) is 43.1 Å². The van der Waals surface area contributed by atoms with E-state index in [0.717, 1.165) is 11.3 Å². The molecule has 0 aromatic carbocycles. The fraction of sp³-hybridized carbons (Fsp3) is 0.667. The predicted octanol–water partition coefficient (Wildman–Crippen LogP) is 3.77. The highest BCUT2D eigenvalue weighted by molar-refractivity contribution is 9.10. The summed E-state index contributed by atoms with van der Waals surface area (Å²) >= 11 is 3.42.